The van der Waals surface area contributed by atoms with Gasteiger partial charge in [-0.25, -0.2) is 0 Å². The van der Waals surface area contributed by atoms with Crippen LogP contribution in [0, 0.1) is 0 Å². The predicted octanol–water partition coefficient (Wildman–Crippen LogP) is 2.57. The van der Waals surface area contributed by atoms with Crippen LogP contribution in [0.4, 0.5) is 0 Å². The largest absolute Gasteiger partial charge is 0.495 e. The summed E-state index contributed by atoms with van der Waals surface area (Å²) in [6.45, 7) is 3.09. The number of ether oxygens (including phenoxy) is 1. The third kappa shape index (κ3) is 3.29. The Balaban J connectivity index is 2.37. The number of methoxy groups -OCH3 is 1. The average Bonchev–Trinajstić information content (AvgIpc) is 2.49. The van der Waals surface area contributed by atoms with E-state index in [1.165, 1.54) is 0 Å². The quantitative estimate of drug-likeness (QED) is 0.864. The fraction of sp³-hybridized carbons (Fsp3) is 0.333. The molecule has 2 aromatic rings. The zero-order valence-corrected chi connectivity index (χ0v) is 11.3. The van der Waals surface area contributed by atoms with Crippen molar-refractivity contribution in [1.29, 1.82) is 0 Å². The molecule has 0 saturated carbocycles. The number of nitrogens with zero attached hydrogens (tertiary/aromatic N) is 2. The molecule has 1 unspecified atom stereocenters. The normalized spacial score (nSPS) is 12.1. The van der Waals surface area contributed by atoms with Crippen molar-refractivity contribution in [2.24, 2.45) is 0 Å². The van der Waals surface area contributed by atoms with Crippen molar-refractivity contribution in [3.63, 3.8) is 0 Å². The Morgan fingerprint density at radius 2 is 2.05 bits per heavy atom. The van der Waals surface area contributed by atoms with E-state index in [4.69, 9.17) is 4.74 Å². The van der Waals surface area contributed by atoms with E-state index >= 15 is 0 Å². The fourth-order valence-corrected chi connectivity index (χ4v) is 2.04. The molecule has 0 aliphatic carbocycles. The Kier molecular flexibility index (Phi) is 4.86. The van der Waals surface area contributed by atoms with Gasteiger partial charge in [0.15, 0.2) is 0 Å². The van der Waals surface area contributed by atoms with E-state index < -0.39 is 0 Å². The van der Waals surface area contributed by atoms with E-state index in [2.05, 4.69) is 28.3 Å². The lowest BCUT2D eigenvalue weighted by Crippen LogP contribution is -2.23. The van der Waals surface area contributed by atoms with Crippen molar-refractivity contribution in [3.05, 3.63) is 54.1 Å². The first-order valence-electron chi connectivity index (χ1n) is 6.48. The minimum absolute atomic E-state index is 0.0756. The van der Waals surface area contributed by atoms with E-state index in [1.807, 2.05) is 18.3 Å². The molecule has 1 N–H and O–H groups in total. The summed E-state index contributed by atoms with van der Waals surface area (Å²) in [7, 11) is 1.67. The van der Waals surface area contributed by atoms with Crippen molar-refractivity contribution in [2.45, 2.75) is 19.4 Å². The molecule has 0 saturated heterocycles. The van der Waals surface area contributed by atoms with Crippen molar-refractivity contribution >= 4 is 0 Å². The maximum absolute atomic E-state index is 5.40. The highest BCUT2D eigenvalue weighted by molar-refractivity contribution is 5.38. The third-order valence-corrected chi connectivity index (χ3v) is 2.96. The van der Waals surface area contributed by atoms with E-state index in [-0.39, 0.29) is 6.04 Å². The molecule has 0 bridgehead atoms. The summed E-state index contributed by atoms with van der Waals surface area (Å²) in [4.78, 5) is 8.30. The van der Waals surface area contributed by atoms with Crippen LogP contribution in [0.25, 0.3) is 0 Å². The topological polar surface area (TPSA) is 47.0 Å². The highest BCUT2D eigenvalue weighted by Gasteiger charge is 2.17. The summed E-state index contributed by atoms with van der Waals surface area (Å²) >= 11 is 0. The molecular weight excluding hydrogens is 238 g/mol. The highest BCUT2D eigenvalue weighted by atomic mass is 16.5. The lowest BCUT2D eigenvalue weighted by atomic mass is 10.0. The molecule has 0 aliphatic heterocycles. The highest BCUT2D eigenvalue weighted by Crippen LogP contribution is 2.28. The van der Waals surface area contributed by atoms with E-state index in [9.17, 15) is 0 Å². The van der Waals surface area contributed by atoms with Crippen LogP contribution in [-0.4, -0.2) is 23.6 Å². The minimum Gasteiger partial charge on any atom is -0.495 e. The number of pyridine rings is 2. The van der Waals surface area contributed by atoms with Crippen molar-refractivity contribution in [1.82, 2.24) is 15.3 Å². The summed E-state index contributed by atoms with van der Waals surface area (Å²) in [6, 6.07) is 6.08. The lowest BCUT2D eigenvalue weighted by Gasteiger charge is -2.21. The Hall–Kier alpha value is -1.94. The lowest BCUT2D eigenvalue weighted by molar-refractivity contribution is 0.401. The van der Waals surface area contributed by atoms with E-state index in [0.717, 1.165) is 29.8 Å². The average molecular weight is 257 g/mol. The number of nitrogens with one attached hydrogen (secondary N) is 1. The van der Waals surface area contributed by atoms with Crippen LogP contribution in [0.3, 0.4) is 0 Å². The Morgan fingerprint density at radius 1 is 1.21 bits per heavy atom. The van der Waals surface area contributed by atoms with Gasteiger partial charge in [-0.1, -0.05) is 13.0 Å². The Bertz CT molecular complexity index is 502. The molecule has 0 amide bonds. The molecule has 100 valence electrons. The Labute approximate surface area is 113 Å². The van der Waals surface area contributed by atoms with Gasteiger partial charge >= 0.3 is 0 Å². The second kappa shape index (κ2) is 6.85. The van der Waals surface area contributed by atoms with Crippen molar-refractivity contribution in [3.8, 4) is 5.75 Å². The van der Waals surface area contributed by atoms with Gasteiger partial charge < -0.3 is 10.1 Å². The molecule has 1 atom stereocenters. The zero-order chi connectivity index (χ0) is 13.5. The maximum atomic E-state index is 5.40. The first-order chi connectivity index (χ1) is 9.36. The van der Waals surface area contributed by atoms with Gasteiger partial charge in [-0.2, -0.15) is 0 Å². The smallest absolute Gasteiger partial charge is 0.142 e. The second-order valence-electron chi connectivity index (χ2n) is 4.29. The van der Waals surface area contributed by atoms with Gasteiger partial charge in [0.1, 0.15) is 5.75 Å². The number of hydrogen-bond acceptors (Lipinski definition) is 4. The van der Waals surface area contributed by atoms with Gasteiger partial charge in [0.25, 0.3) is 0 Å². The summed E-state index contributed by atoms with van der Waals surface area (Å²) in [5.41, 5.74) is 2.21. The van der Waals surface area contributed by atoms with E-state index in [0.29, 0.717) is 0 Å². The second-order valence-corrected chi connectivity index (χ2v) is 4.29. The summed E-state index contributed by atoms with van der Waals surface area (Å²) in [5.74, 6) is 0.792. The van der Waals surface area contributed by atoms with Crippen LogP contribution in [0.1, 0.15) is 30.5 Å². The third-order valence-electron chi connectivity index (χ3n) is 2.96. The van der Waals surface area contributed by atoms with Gasteiger partial charge in [0.2, 0.25) is 0 Å². The molecule has 2 rings (SSSR count). The van der Waals surface area contributed by atoms with Crippen LogP contribution in [0.2, 0.25) is 0 Å². The molecule has 19 heavy (non-hydrogen) atoms. The summed E-state index contributed by atoms with van der Waals surface area (Å²) in [6.07, 6.45) is 8.27. The molecule has 0 aliphatic rings. The SMILES string of the molecule is CCCNC(c1cccnc1)c1ccncc1OC. The van der Waals surface area contributed by atoms with Crippen LogP contribution in [0.5, 0.6) is 5.75 Å². The maximum Gasteiger partial charge on any atom is 0.142 e. The first kappa shape index (κ1) is 13.5. The molecule has 0 spiro atoms. The van der Waals surface area contributed by atoms with Crippen LogP contribution in [-0.2, 0) is 0 Å². The minimum atomic E-state index is 0.0756. The van der Waals surface area contributed by atoms with E-state index in [1.54, 1.807) is 25.7 Å². The molecule has 2 aromatic heterocycles. The molecular formula is C15H19N3O. The van der Waals surface area contributed by atoms with Crippen LogP contribution >= 0.6 is 0 Å². The van der Waals surface area contributed by atoms with Crippen molar-refractivity contribution < 1.29 is 4.74 Å². The summed E-state index contributed by atoms with van der Waals surface area (Å²) in [5, 5.41) is 3.53. The van der Waals surface area contributed by atoms with Crippen LogP contribution < -0.4 is 10.1 Å². The molecule has 4 nitrogen and oxygen atoms in total. The summed E-state index contributed by atoms with van der Waals surface area (Å²) < 4.78 is 5.40. The molecule has 0 aromatic carbocycles. The monoisotopic (exact) mass is 257 g/mol. The number of aromatic nitrogens is 2. The predicted molar refractivity (Wildman–Crippen MR) is 75.2 cm³/mol. The first-order valence-corrected chi connectivity index (χ1v) is 6.48. The van der Waals surface area contributed by atoms with Gasteiger partial charge in [-0.3, -0.25) is 9.97 Å². The molecule has 0 fully saturated rings. The van der Waals surface area contributed by atoms with Gasteiger partial charge in [0.05, 0.1) is 19.3 Å². The fourth-order valence-electron chi connectivity index (χ4n) is 2.04. The number of rotatable bonds is 6. The number of hydrogen-bond donors (Lipinski definition) is 1. The van der Waals surface area contributed by atoms with Crippen molar-refractivity contribution in [2.75, 3.05) is 13.7 Å². The molecule has 0 radical (unpaired) electrons. The van der Waals surface area contributed by atoms with Crippen LogP contribution in [0.15, 0.2) is 43.0 Å². The van der Waals surface area contributed by atoms with Gasteiger partial charge in [-0.15, -0.1) is 0 Å². The zero-order valence-electron chi connectivity index (χ0n) is 11.3. The van der Waals surface area contributed by atoms with Gasteiger partial charge in [-0.05, 0) is 30.7 Å². The van der Waals surface area contributed by atoms with Gasteiger partial charge in [0, 0.05) is 24.2 Å². The molecule has 4 heteroatoms. The molecule has 2 heterocycles. The standard InChI is InChI=1S/C15H19N3O/c1-3-7-18-15(12-5-4-8-16-10-12)13-6-9-17-11-14(13)19-2/h4-6,8-11,15,18H,3,7H2,1-2H3. The Morgan fingerprint density at radius 3 is 2.74 bits per heavy atom.